The largest absolute Gasteiger partial charge is 0.143 e. The minimum atomic E-state index is 1.27. The first kappa shape index (κ1) is 25.7. The zero-order valence-corrected chi connectivity index (χ0v) is 21.5. The van der Waals surface area contributed by atoms with Crippen molar-refractivity contribution < 1.29 is 0 Å². The highest BCUT2D eigenvalue weighted by atomic mass is 32.1. The van der Waals surface area contributed by atoms with Gasteiger partial charge in [-0.05, 0) is 59.7 Å². The smallest absolute Gasteiger partial charge is 0.0477 e. The second-order valence-corrected chi connectivity index (χ2v) is 10.8. The van der Waals surface area contributed by atoms with Crippen LogP contribution in [0.3, 0.4) is 0 Å². The van der Waals surface area contributed by atoms with Crippen LogP contribution in [-0.2, 0) is 12.8 Å². The maximum absolute atomic E-state index is 2.39. The molecule has 0 unspecified atom stereocenters. The van der Waals surface area contributed by atoms with Crippen LogP contribution in [0.15, 0.2) is 22.9 Å². The van der Waals surface area contributed by atoms with E-state index in [2.05, 4.69) is 36.7 Å². The fraction of sp³-hybridized carbons (Fsp3) is 0.714. The lowest BCUT2D eigenvalue weighted by Gasteiger charge is -2.07. The second-order valence-electron chi connectivity index (χ2n) is 9.00. The molecule has 170 valence electrons. The molecular formula is C28H46S2. The summed E-state index contributed by atoms with van der Waals surface area (Å²) in [5, 5.41) is 4.63. The van der Waals surface area contributed by atoms with E-state index in [-0.39, 0.29) is 0 Å². The van der Waals surface area contributed by atoms with Gasteiger partial charge in [-0.15, -0.1) is 22.7 Å². The van der Waals surface area contributed by atoms with Crippen LogP contribution in [0.25, 0.3) is 9.75 Å². The van der Waals surface area contributed by atoms with Gasteiger partial charge in [0.1, 0.15) is 0 Å². The first-order valence-corrected chi connectivity index (χ1v) is 14.8. The van der Waals surface area contributed by atoms with Gasteiger partial charge in [0.2, 0.25) is 0 Å². The van der Waals surface area contributed by atoms with Crippen LogP contribution in [-0.4, -0.2) is 0 Å². The highest BCUT2D eigenvalue weighted by Gasteiger charge is 2.12. The van der Waals surface area contributed by atoms with Crippen molar-refractivity contribution in [3.63, 3.8) is 0 Å². The molecule has 0 aromatic carbocycles. The van der Waals surface area contributed by atoms with Crippen molar-refractivity contribution >= 4 is 22.7 Å². The Morgan fingerprint density at radius 3 is 1.17 bits per heavy atom. The average molecular weight is 447 g/mol. The standard InChI is InChI=1S/C28H46S2/c1-3-5-7-9-11-13-15-17-19-25-21-23-29-27(25)28-26(22-24-30-28)20-18-16-14-12-10-8-6-4-2/h21-24H,3-20H2,1-2H3. The third-order valence-corrected chi connectivity index (χ3v) is 8.38. The zero-order valence-electron chi connectivity index (χ0n) is 19.9. The van der Waals surface area contributed by atoms with Crippen molar-refractivity contribution in [3.8, 4) is 9.75 Å². The highest BCUT2D eigenvalue weighted by Crippen LogP contribution is 2.37. The van der Waals surface area contributed by atoms with Gasteiger partial charge in [-0.2, -0.15) is 0 Å². The van der Waals surface area contributed by atoms with Gasteiger partial charge < -0.3 is 0 Å². The lowest BCUT2D eigenvalue weighted by molar-refractivity contribution is 0.575. The van der Waals surface area contributed by atoms with E-state index in [0.29, 0.717) is 0 Å². The molecule has 2 heterocycles. The molecule has 0 fully saturated rings. The summed E-state index contributed by atoms with van der Waals surface area (Å²) >= 11 is 3.93. The molecule has 0 bridgehead atoms. The molecule has 2 rings (SSSR count). The maximum atomic E-state index is 2.39. The van der Waals surface area contributed by atoms with E-state index in [1.165, 1.54) is 116 Å². The second kappa shape index (κ2) is 17.0. The fourth-order valence-corrected chi connectivity index (χ4v) is 6.51. The van der Waals surface area contributed by atoms with Crippen LogP contribution in [0.5, 0.6) is 0 Å². The Morgan fingerprint density at radius 2 is 0.800 bits per heavy atom. The van der Waals surface area contributed by atoms with Gasteiger partial charge in [0.15, 0.2) is 0 Å². The van der Waals surface area contributed by atoms with Crippen molar-refractivity contribution in [1.82, 2.24) is 0 Å². The molecule has 0 atom stereocenters. The third kappa shape index (κ3) is 10.1. The van der Waals surface area contributed by atoms with Crippen LogP contribution in [0.1, 0.15) is 128 Å². The summed E-state index contributed by atoms with van der Waals surface area (Å²) < 4.78 is 0. The Bertz CT molecular complexity index is 580. The molecule has 0 nitrogen and oxygen atoms in total. The zero-order chi connectivity index (χ0) is 21.3. The topological polar surface area (TPSA) is 0 Å². The van der Waals surface area contributed by atoms with Crippen molar-refractivity contribution in [2.75, 3.05) is 0 Å². The van der Waals surface area contributed by atoms with Crippen LogP contribution >= 0.6 is 22.7 Å². The molecule has 0 saturated carbocycles. The van der Waals surface area contributed by atoms with E-state index in [9.17, 15) is 0 Å². The number of hydrogen-bond acceptors (Lipinski definition) is 2. The first-order valence-electron chi connectivity index (χ1n) is 13.0. The van der Waals surface area contributed by atoms with Gasteiger partial charge in [-0.1, -0.05) is 104 Å². The maximum Gasteiger partial charge on any atom is 0.0477 e. The van der Waals surface area contributed by atoms with E-state index < -0.39 is 0 Å². The van der Waals surface area contributed by atoms with Crippen molar-refractivity contribution in [2.45, 2.75) is 129 Å². The summed E-state index contributed by atoms with van der Waals surface area (Å²) in [7, 11) is 0. The molecule has 0 amide bonds. The molecule has 0 radical (unpaired) electrons. The minimum absolute atomic E-state index is 1.27. The average Bonchev–Trinajstić information content (AvgIpc) is 3.41. The monoisotopic (exact) mass is 446 g/mol. The van der Waals surface area contributed by atoms with Gasteiger partial charge in [0, 0.05) is 9.75 Å². The van der Waals surface area contributed by atoms with Gasteiger partial charge in [-0.25, -0.2) is 0 Å². The number of unbranched alkanes of at least 4 members (excludes halogenated alkanes) is 14. The van der Waals surface area contributed by atoms with Crippen LogP contribution < -0.4 is 0 Å². The van der Waals surface area contributed by atoms with Gasteiger partial charge in [-0.3, -0.25) is 0 Å². The summed E-state index contributed by atoms with van der Waals surface area (Å²) in [5.41, 5.74) is 3.20. The number of thiophene rings is 2. The Morgan fingerprint density at radius 1 is 0.467 bits per heavy atom. The lowest BCUT2D eigenvalue weighted by Crippen LogP contribution is -1.90. The van der Waals surface area contributed by atoms with Crippen molar-refractivity contribution in [1.29, 1.82) is 0 Å². The molecule has 2 aromatic rings. The van der Waals surface area contributed by atoms with Gasteiger partial charge >= 0.3 is 0 Å². The van der Waals surface area contributed by atoms with Crippen molar-refractivity contribution in [3.05, 3.63) is 34.0 Å². The quantitative estimate of drug-likeness (QED) is 0.188. The van der Waals surface area contributed by atoms with Gasteiger partial charge in [0.25, 0.3) is 0 Å². The third-order valence-electron chi connectivity index (χ3n) is 6.30. The summed E-state index contributed by atoms with van der Waals surface area (Å²) in [5.74, 6) is 0. The molecule has 0 aliphatic heterocycles. The molecule has 30 heavy (non-hydrogen) atoms. The van der Waals surface area contributed by atoms with Gasteiger partial charge in [0.05, 0.1) is 0 Å². The molecular weight excluding hydrogens is 400 g/mol. The number of aryl methyl sites for hydroxylation is 2. The summed E-state index contributed by atoms with van der Waals surface area (Å²) in [6.45, 7) is 4.60. The minimum Gasteiger partial charge on any atom is -0.143 e. The molecule has 0 N–H and O–H groups in total. The predicted molar refractivity (Wildman–Crippen MR) is 140 cm³/mol. The highest BCUT2D eigenvalue weighted by molar-refractivity contribution is 7.20. The molecule has 2 heteroatoms. The fourth-order valence-electron chi connectivity index (χ4n) is 4.36. The van der Waals surface area contributed by atoms with Crippen LogP contribution in [0, 0.1) is 0 Å². The van der Waals surface area contributed by atoms with E-state index in [4.69, 9.17) is 0 Å². The molecule has 0 saturated heterocycles. The predicted octanol–water partition coefficient (Wildman–Crippen LogP) is 10.8. The molecule has 0 aliphatic rings. The SMILES string of the molecule is CCCCCCCCCCc1ccsc1-c1sccc1CCCCCCCCCC. The molecule has 2 aromatic heterocycles. The Hall–Kier alpha value is -0.600. The van der Waals surface area contributed by atoms with E-state index in [1.54, 1.807) is 20.9 Å². The summed E-state index contributed by atoms with van der Waals surface area (Å²) in [6, 6.07) is 4.78. The van der Waals surface area contributed by atoms with E-state index >= 15 is 0 Å². The molecule has 0 spiro atoms. The Labute approximate surface area is 195 Å². The first-order chi connectivity index (χ1) is 14.9. The Kier molecular flexibility index (Phi) is 14.6. The number of hydrogen-bond donors (Lipinski definition) is 0. The lowest BCUT2D eigenvalue weighted by atomic mass is 10.0. The molecule has 0 aliphatic carbocycles. The van der Waals surface area contributed by atoms with E-state index in [0.717, 1.165) is 0 Å². The van der Waals surface area contributed by atoms with Crippen molar-refractivity contribution in [2.24, 2.45) is 0 Å². The van der Waals surface area contributed by atoms with Crippen LogP contribution in [0.4, 0.5) is 0 Å². The number of rotatable bonds is 19. The van der Waals surface area contributed by atoms with E-state index in [1.807, 2.05) is 22.7 Å². The Balaban J connectivity index is 1.68. The normalized spacial score (nSPS) is 11.4. The van der Waals surface area contributed by atoms with Crippen LogP contribution in [0.2, 0.25) is 0 Å². The summed E-state index contributed by atoms with van der Waals surface area (Å²) in [6.07, 6.45) is 25.1. The summed E-state index contributed by atoms with van der Waals surface area (Å²) in [4.78, 5) is 3.14.